The van der Waals surface area contributed by atoms with E-state index in [1.54, 1.807) is 18.2 Å². The van der Waals surface area contributed by atoms with Crippen molar-refractivity contribution < 1.29 is 43.5 Å². The topological polar surface area (TPSA) is 156 Å². The Balaban J connectivity index is 1.12. The maximum atomic E-state index is 13.9. The number of aliphatic hydroxyl groups is 2. The van der Waals surface area contributed by atoms with Crippen LogP contribution in [0.2, 0.25) is 0 Å². The van der Waals surface area contributed by atoms with Crippen LogP contribution < -0.4 is 10.6 Å². The van der Waals surface area contributed by atoms with E-state index in [4.69, 9.17) is 24.1 Å². The number of aliphatic hydroxyl groups excluding tert-OH is 2. The van der Waals surface area contributed by atoms with E-state index in [2.05, 4.69) is 16.7 Å². The molecular formula is C37H42N2O9. The lowest BCUT2D eigenvalue weighted by molar-refractivity contribution is -0.172. The Hall–Kier alpha value is -3.87. The van der Waals surface area contributed by atoms with Gasteiger partial charge in [0.1, 0.15) is 24.4 Å². The Morgan fingerprint density at radius 2 is 1.79 bits per heavy atom. The summed E-state index contributed by atoms with van der Waals surface area (Å²) in [6.07, 6.45) is 7.24. The first-order chi connectivity index (χ1) is 23.2. The number of nitrogens with one attached hydrogen (secondary N) is 2. The molecule has 0 bridgehead atoms. The molecule has 48 heavy (non-hydrogen) atoms. The number of hydrogen-bond donors (Lipinski definition) is 4. The number of ether oxygens (including phenoxy) is 4. The van der Waals surface area contributed by atoms with Crippen LogP contribution in [0.4, 0.5) is 0 Å². The third kappa shape index (κ3) is 6.83. The molecule has 7 rings (SSSR count). The Morgan fingerprint density at radius 1 is 1.04 bits per heavy atom. The zero-order valence-electron chi connectivity index (χ0n) is 26.9. The predicted molar refractivity (Wildman–Crippen MR) is 173 cm³/mol. The highest BCUT2D eigenvalue weighted by atomic mass is 16.8. The quantitative estimate of drug-likeness (QED) is 0.222. The highest BCUT2D eigenvalue weighted by Crippen LogP contribution is 2.45. The van der Waals surface area contributed by atoms with Gasteiger partial charge >= 0.3 is 5.97 Å². The summed E-state index contributed by atoms with van der Waals surface area (Å²) in [5.41, 5.74) is 3.61. The highest BCUT2D eigenvalue weighted by molar-refractivity contribution is 5.98. The molecule has 2 saturated heterocycles. The summed E-state index contributed by atoms with van der Waals surface area (Å²) in [4.78, 5) is 40.1. The second kappa shape index (κ2) is 13.6. The SMILES string of the molecule is C[C@H](O)[C@@H](NC(=O)C1=C[C@H]2OC3(Cc4ccccc4C3)O[C@H]2[C@H](OC(=O)c2ccccc2C=CC2CCC3OC3C2)C1)C(=O)NCCO. The summed E-state index contributed by atoms with van der Waals surface area (Å²) in [6.45, 7) is 1.09. The van der Waals surface area contributed by atoms with Crippen LogP contribution in [0.3, 0.4) is 0 Å². The zero-order valence-corrected chi connectivity index (χ0v) is 26.9. The number of carbonyl (C=O) groups excluding carboxylic acids is 3. The van der Waals surface area contributed by atoms with Gasteiger partial charge < -0.3 is 39.8 Å². The predicted octanol–water partition coefficient (Wildman–Crippen LogP) is 2.38. The first-order valence-corrected chi connectivity index (χ1v) is 16.9. The van der Waals surface area contributed by atoms with Crippen LogP contribution in [-0.2, 0) is 41.4 Å². The molecule has 4 N–H and O–H groups in total. The number of benzene rings is 2. The summed E-state index contributed by atoms with van der Waals surface area (Å²) in [6, 6.07) is 14.0. The Bertz CT molecular complexity index is 1590. The summed E-state index contributed by atoms with van der Waals surface area (Å²) < 4.78 is 25.0. The molecule has 2 aromatic rings. The Kier molecular flexibility index (Phi) is 9.23. The number of hydrogen-bond acceptors (Lipinski definition) is 9. The van der Waals surface area contributed by atoms with Crippen molar-refractivity contribution in [1.29, 1.82) is 0 Å². The standard InChI is InChI=1S/C37H42N2O9/c1-21(41)32(35(43)38-14-15-40)39-34(42)26-17-30(33-31(18-26)47-37(48-33)19-24-7-2-3-8-25(24)20-37)46-36(44)27-9-5-4-6-23(27)12-10-22-11-13-28-29(16-22)45-28/h2-10,12,18,21-22,28-33,40-41H,11,13-17,19-20H2,1H3,(H,38,43)(H,39,42)/t21-,22?,28?,29?,30+,31+,32+,33-/m0/s1. The first kappa shape index (κ1) is 32.7. The minimum Gasteiger partial charge on any atom is -0.456 e. The van der Waals surface area contributed by atoms with Crippen molar-refractivity contribution in [3.05, 3.63) is 88.5 Å². The van der Waals surface area contributed by atoms with Crippen molar-refractivity contribution >= 4 is 23.9 Å². The molecule has 2 amide bonds. The Labute approximate surface area is 279 Å². The lowest BCUT2D eigenvalue weighted by Crippen LogP contribution is -2.54. The van der Waals surface area contributed by atoms with Gasteiger partial charge in [-0.25, -0.2) is 4.79 Å². The Morgan fingerprint density at radius 3 is 2.52 bits per heavy atom. The smallest absolute Gasteiger partial charge is 0.339 e. The fraction of sp³-hybridized carbons (Fsp3) is 0.486. The van der Waals surface area contributed by atoms with Gasteiger partial charge in [-0.05, 0) is 60.9 Å². The van der Waals surface area contributed by atoms with E-state index >= 15 is 0 Å². The number of fused-ring (bicyclic) bond motifs is 3. The average molecular weight is 659 g/mol. The van der Waals surface area contributed by atoms with Crippen molar-refractivity contribution in [2.24, 2.45) is 5.92 Å². The minimum atomic E-state index is -1.26. The molecule has 1 spiro atoms. The second-order valence-electron chi connectivity index (χ2n) is 13.5. The molecule has 1 saturated carbocycles. The number of epoxide rings is 1. The van der Waals surface area contributed by atoms with Crippen molar-refractivity contribution in [3.63, 3.8) is 0 Å². The number of rotatable bonds is 10. The van der Waals surface area contributed by atoms with Crippen molar-refractivity contribution in [3.8, 4) is 0 Å². The minimum absolute atomic E-state index is 0.0125. The van der Waals surface area contributed by atoms with Gasteiger partial charge in [0.15, 0.2) is 5.79 Å². The van der Waals surface area contributed by atoms with E-state index in [9.17, 15) is 19.5 Å². The summed E-state index contributed by atoms with van der Waals surface area (Å²) in [7, 11) is 0. The molecule has 11 heteroatoms. The summed E-state index contributed by atoms with van der Waals surface area (Å²) in [5, 5.41) is 24.5. The van der Waals surface area contributed by atoms with E-state index in [1.165, 1.54) is 6.92 Å². The molecule has 0 radical (unpaired) electrons. The molecule has 3 fully saturated rings. The van der Waals surface area contributed by atoms with E-state index in [1.807, 2.05) is 42.5 Å². The van der Waals surface area contributed by atoms with E-state index < -0.39 is 54.0 Å². The molecule has 2 aliphatic heterocycles. The van der Waals surface area contributed by atoms with Gasteiger partial charge in [0.05, 0.1) is 30.5 Å². The number of amides is 2. The fourth-order valence-corrected chi connectivity index (χ4v) is 7.47. The van der Waals surface area contributed by atoms with E-state index in [0.717, 1.165) is 36.0 Å². The van der Waals surface area contributed by atoms with Gasteiger partial charge in [-0.15, -0.1) is 0 Å². The summed E-state index contributed by atoms with van der Waals surface area (Å²) >= 11 is 0. The maximum Gasteiger partial charge on any atom is 0.339 e. The van der Waals surface area contributed by atoms with Crippen LogP contribution in [0.25, 0.3) is 6.08 Å². The normalized spacial score (nSPS) is 29.3. The number of allylic oxidation sites excluding steroid dienone is 1. The largest absolute Gasteiger partial charge is 0.456 e. The van der Waals surface area contributed by atoms with E-state index in [0.29, 0.717) is 36.5 Å². The lowest BCUT2D eigenvalue weighted by atomic mass is 9.88. The molecule has 3 unspecified atom stereocenters. The number of carbonyl (C=O) groups is 3. The van der Waals surface area contributed by atoms with Gasteiger partial charge in [-0.2, -0.15) is 0 Å². The van der Waals surface area contributed by atoms with Crippen LogP contribution >= 0.6 is 0 Å². The van der Waals surface area contributed by atoms with Gasteiger partial charge in [0, 0.05) is 31.4 Å². The third-order valence-corrected chi connectivity index (χ3v) is 10.0. The molecule has 0 aromatic heterocycles. The highest BCUT2D eigenvalue weighted by Gasteiger charge is 2.55. The van der Waals surface area contributed by atoms with Crippen molar-refractivity contribution in [1.82, 2.24) is 10.6 Å². The molecule has 2 heterocycles. The van der Waals surface area contributed by atoms with E-state index in [-0.39, 0.29) is 25.1 Å². The van der Waals surface area contributed by atoms with Crippen LogP contribution in [0.15, 0.2) is 66.3 Å². The van der Waals surface area contributed by atoms with Crippen molar-refractivity contribution in [2.45, 2.75) is 93.9 Å². The van der Waals surface area contributed by atoms with Crippen LogP contribution in [-0.4, -0.2) is 89.6 Å². The maximum absolute atomic E-state index is 13.9. The molecular weight excluding hydrogens is 616 g/mol. The van der Waals surface area contributed by atoms with Gasteiger partial charge in [0.2, 0.25) is 11.8 Å². The second-order valence-corrected chi connectivity index (χ2v) is 13.5. The van der Waals surface area contributed by atoms with Gasteiger partial charge in [0.25, 0.3) is 0 Å². The molecule has 8 atom stereocenters. The van der Waals surface area contributed by atoms with Gasteiger partial charge in [-0.1, -0.05) is 54.6 Å². The molecule has 3 aliphatic carbocycles. The molecule has 11 nitrogen and oxygen atoms in total. The van der Waals surface area contributed by atoms with Crippen LogP contribution in [0.1, 0.15) is 59.7 Å². The van der Waals surface area contributed by atoms with Crippen molar-refractivity contribution in [2.75, 3.05) is 13.2 Å². The average Bonchev–Trinajstić information content (AvgIpc) is 3.64. The first-order valence-electron chi connectivity index (χ1n) is 16.9. The molecule has 254 valence electrons. The fourth-order valence-electron chi connectivity index (χ4n) is 7.47. The summed E-state index contributed by atoms with van der Waals surface area (Å²) in [5.74, 6) is -2.36. The zero-order chi connectivity index (χ0) is 33.4. The molecule has 5 aliphatic rings. The molecule has 2 aromatic carbocycles. The van der Waals surface area contributed by atoms with Crippen LogP contribution in [0.5, 0.6) is 0 Å². The third-order valence-electron chi connectivity index (χ3n) is 10.0. The lowest BCUT2D eigenvalue weighted by Gasteiger charge is -2.31. The van der Waals surface area contributed by atoms with Crippen LogP contribution in [0, 0.1) is 5.92 Å². The van der Waals surface area contributed by atoms with Gasteiger partial charge in [-0.3, -0.25) is 9.59 Å². The number of esters is 1. The monoisotopic (exact) mass is 658 g/mol.